The lowest BCUT2D eigenvalue weighted by Crippen LogP contribution is -2.51. The molecule has 0 aromatic rings. The Morgan fingerprint density at radius 1 is 0.971 bits per heavy atom. The number of rotatable bonds is 7. The summed E-state index contributed by atoms with van der Waals surface area (Å²) in [5.74, 6) is 3.66. The van der Waals surface area contributed by atoms with E-state index in [9.17, 15) is 9.59 Å². The van der Waals surface area contributed by atoms with Gasteiger partial charge in [0.15, 0.2) is 0 Å². The first-order chi connectivity index (χ1) is 16.5. The third kappa shape index (κ3) is 5.10. The van der Waals surface area contributed by atoms with Crippen LogP contribution in [0.15, 0.2) is 11.6 Å². The van der Waals surface area contributed by atoms with Crippen molar-refractivity contribution in [3.63, 3.8) is 0 Å². The maximum Gasteiger partial charge on any atom is 0.302 e. The molecule has 0 aromatic carbocycles. The Hall–Kier alpha value is -1.32. The minimum atomic E-state index is -0.145. The van der Waals surface area contributed by atoms with E-state index in [0.29, 0.717) is 23.2 Å². The zero-order valence-corrected chi connectivity index (χ0v) is 23.4. The van der Waals surface area contributed by atoms with Gasteiger partial charge < -0.3 is 9.47 Å². The van der Waals surface area contributed by atoms with Gasteiger partial charge in [-0.3, -0.25) is 9.59 Å². The summed E-state index contributed by atoms with van der Waals surface area (Å²) in [5.41, 5.74) is 2.17. The number of hydrogen-bond donors (Lipinski definition) is 0. The summed E-state index contributed by atoms with van der Waals surface area (Å²) in [6.07, 6.45) is 14.2. The number of hydrogen-bond acceptors (Lipinski definition) is 4. The Morgan fingerprint density at radius 3 is 2.37 bits per heavy atom. The molecule has 4 nitrogen and oxygen atoms in total. The lowest BCUT2D eigenvalue weighted by Gasteiger charge is -2.58. The van der Waals surface area contributed by atoms with Gasteiger partial charge in [-0.25, -0.2) is 0 Å². The third-order valence-corrected chi connectivity index (χ3v) is 11.0. The zero-order valence-electron chi connectivity index (χ0n) is 23.4. The number of allylic oxidation sites excluding steroid dienone is 1. The summed E-state index contributed by atoms with van der Waals surface area (Å²) in [6.45, 7) is 15.1. The van der Waals surface area contributed by atoms with Crippen molar-refractivity contribution >= 4 is 11.9 Å². The zero-order chi connectivity index (χ0) is 25.5. The van der Waals surface area contributed by atoms with E-state index in [4.69, 9.17) is 9.47 Å². The van der Waals surface area contributed by atoms with Gasteiger partial charge in [-0.1, -0.05) is 46.3 Å². The van der Waals surface area contributed by atoms with Gasteiger partial charge in [-0.15, -0.1) is 0 Å². The van der Waals surface area contributed by atoms with Crippen molar-refractivity contribution in [3.8, 4) is 0 Å². The molecular weight excluding hydrogens is 436 g/mol. The van der Waals surface area contributed by atoms with Crippen molar-refractivity contribution in [1.82, 2.24) is 0 Å². The van der Waals surface area contributed by atoms with E-state index in [0.717, 1.165) is 49.9 Å². The topological polar surface area (TPSA) is 52.6 Å². The highest BCUT2D eigenvalue weighted by atomic mass is 16.5. The van der Waals surface area contributed by atoms with Gasteiger partial charge in [-0.05, 0) is 104 Å². The Kier molecular flexibility index (Phi) is 7.80. The van der Waals surface area contributed by atoms with Crippen LogP contribution in [-0.2, 0) is 19.1 Å². The molecule has 35 heavy (non-hydrogen) atoms. The molecule has 9 atom stereocenters. The number of fused-ring (bicyclic) bond motifs is 5. The molecule has 0 saturated heterocycles. The minimum Gasteiger partial charge on any atom is -0.462 e. The smallest absolute Gasteiger partial charge is 0.302 e. The summed E-state index contributed by atoms with van der Waals surface area (Å²) in [5, 5.41) is 0. The summed E-state index contributed by atoms with van der Waals surface area (Å²) in [7, 11) is 0. The first kappa shape index (κ1) is 26.7. The average Bonchev–Trinajstić information content (AvgIpc) is 3.13. The maximum atomic E-state index is 12.0. The summed E-state index contributed by atoms with van der Waals surface area (Å²) in [4.78, 5) is 23.5. The third-order valence-electron chi connectivity index (χ3n) is 11.0. The predicted octanol–water partition coefficient (Wildman–Crippen LogP) is 7.50. The highest BCUT2D eigenvalue weighted by Gasteiger charge is 2.59. The molecule has 0 aromatic heterocycles. The van der Waals surface area contributed by atoms with Gasteiger partial charge in [0.2, 0.25) is 0 Å². The second kappa shape index (κ2) is 10.2. The molecule has 0 N–H and O–H groups in total. The van der Waals surface area contributed by atoms with E-state index < -0.39 is 0 Å². The van der Waals surface area contributed by atoms with Crippen LogP contribution in [0, 0.1) is 46.3 Å². The molecule has 4 rings (SSSR count). The maximum absolute atomic E-state index is 12.0. The van der Waals surface area contributed by atoms with Crippen molar-refractivity contribution in [2.24, 2.45) is 46.3 Å². The van der Waals surface area contributed by atoms with Crippen LogP contribution >= 0.6 is 0 Å². The molecule has 0 amide bonds. The largest absolute Gasteiger partial charge is 0.462 e. The lowest BCUT2D eigenvalue weighted by molar-refractivity contribution is -0.152. The monoisotopic (exact) mass is 486 g/mol. The molecule has 0 heterocycles. The fourth-order valence-electron chi connectivity index (χ4n) is 9.27. The molecular formula is C31H50O4. The van der Waals surface area contributed by atoms with Crippen LogP contribution in [0.1, 0.15) is 113 Å². The Balaban J connectivity index is 1.51. The summed E-state index contributed by atoms with van der Waals surface area (Å²) < 4.78 is 11.6. The van der Waals surface area contributed by atoms with Crippen LogP contribution in [0.2, 0.25) is 0 Å². The number of esters is 2. The van der Waals surface area contributed by atoms with E-state index in [1.165, 1.54) is 39.0 Å². The second-order valence-electron chi connectivity index (χ2n) is 13.4. The van der Waals surface area contributed by atoms with E-state index in [1.54, 1.807) is 12.5 Å². The molecule has 0 radical (unpaired) electrons. The van der Waals surface area contributed by atoms with Crippen molar-refractivity contribution < 1.29 is 19.1 Å². The SMILES string of the molecule is CC(=O)O[C@H]1CC[C@@]2(C)C(=CC[C@@H]3[C@H]4CC[C@H]([C@H](C)[C@@H](CCC(C)C)OC(C)=O)[C@@]4(C)CC[C@H]32)C1. The number of carbonyl (C=O) groups excluding carboxylic acids is 2. The van der Waals surface area contributed by atoms with Crippen molar-refractivity contribution in [2.75, 3.05) is 0 Å². The summed E-state index contributed by atoms with van der Waals surface area (Å²) >= 11 is 0. The molecule has 0 bridgehead atoms. The molecule has 4 aliphatic rings. The Labute approximate surface area is 214 Å². The molecule has 3 fully saturated rings. The van der Waals surface area contributed by atoms with Crippen molar-refractivity contribution in [3.05, 3.63) is 11.6 Å². The summed E-state index contributed by atoms with van der Waals surface area (Å²) in [6, 6.07) is 0. The van der Waals surface area contributed by atoms with Crippen LogP contribution in [0.25, 0.3) is 0 Å². The lowest BCUT2D eigenvalue weighted by atomic mass is 9.47. The van der Waals surface area contributed by atoms with E-state index in [1.807, 2.05) is 0 Å². The number of carbonyl (C=O) groups is 2. The molecule has 3 saturated carbocycles. The molecule has 0 aliphatic heterocycles. The first-order valence-electron chi connectivity index (χ1n) is 14.5. The van der Waals surface area contributed by atoms with Crippen molar-refractivity contribution in [1.29, 1.82) is 0 Å². The fourth-order valence-corrected chi connectivity index (χ4v) is 9.27. The highest BCUT2D eigenvalue weighted by Crippen LogP contribution is 2.67. The van der Waals surface area contributed by atoms with Gasteiger partial charge >= 0.3 is 11.9 Å². The predicted molar refractivity (Wildman–Crippen MR) is 140 cm³/mol. The number of ether oxygens (including phenoxy) is 2. The second-order valence-corrected chi connectivity index (χ2v) is 13.4. The van der Waals surface area contributed by atoms with Gasteiger partial charge in [-0.2, -0.15) is 0 Å². The van der Waals surface area contributed by atoms with Gasteiger partial charge in [0, 0.05) is 20.3 Å². The molecule has 0 unspecified atom stereocenters. The van der Waals surface area contributed by atoms with Crippen LogP contribution in [0.3, 0.4) is 0 Å². The normalized spacial score (nSPS) is 40.1. The van der Waals surface area contributed by atoms with Gasteiger partial charge in [0.05, 0.1) is 0 Å². The Morgan fingerprint density at radius 2 is 1.71 bits per heavy atom. The molecule has 4 aliphatic carbocycles. The standard InChI is InChI=1S/C31H50O4/c1-19(2)8-13-29(35-22(5)33)20(3)26-11-12-27-25-10-9-23-18-24(34-21(4)32)14-16-30(23,6)28(25)15-17-31(26,27)7/h9,19-20,24-29H,8,10-18H2,1-7H3/t20-,24-,25+,26+,27+,28+,29+,30-,31+/m0/s1. The van der Waals surface area contributed by atoms with E-state index in [2.05, 4.69) is 40.7 Å². The van der Waals surface area contributed by atoms with Crippen LogP contribution in [-0.4, -0.2) is 24.1 Å². The van der Waals surface area contributed by atoms with Gasteiger partial charge in [0.1, 0.15) is 12.2 Å². The van der Waals surface area contributed by atoms with Crippen LogP contribution in [0.4, 0.5) is 0 Å². The van der Waals surface area contributed by atoms with E-state index in [-0.39, 0.29) is 29.6 Å². The van der Waals surface area contributed by atoms with Crippen molar-refractivity contribution in [2.45, 2.75) is 125 Å². The van der Waals surface area contributed by atoms with Crippen LogP contribution < -0.4 is 0 Å². The molecule has 198 valence electrons. The highest BCUT2D eigenvalue weighted by molar-refractivity contribution is 5.66. The first-order valence-corrected chi connectivity index (χ1v) is 14.5. The quantitative estimate of drug-likeness (QED) is 0.276. The Bertz CT molecular complexity index is 830. The van der Waals surface area contributed by atoms with Gasteiger partial charge in [0.25, 0.3) is 0 Å². The van der Waals surface area contributed by atoms with Crippen LogP contribution in [0.5, 0.6) is 0 Å². The molecule has 4 heteroatoms. The average molecular weight is 487 g/mol. The fraction of sp³-hybridized carbons (Fsp3) is 0.871. The molecule has 0 spiro atoms. The minimum absolute atomic E-state index is 0.0418. The van der Waals surface area contributed by atoms with E-state index >= 15 is 0 Å².